The largest absolute Gasteiger partial charge is 0.448 e. The number of hydrogen-bond acceptors (Lipinski definition) is 3. The molecule has 2 aromatic carbocycles. The van der Waals surface area contributed by atoms with Crippen molar-refractivity contribution < 1.29 is 14.3 Å². The van der Waals surface area contributed by atoms with E-state index < -0.39 is 12.1 Å². The molecule has 0 radical (unpaired) electrons. The van der Waals surface area contributed by atoms with E-state index in [1.165, 1.54) is 22.3 Å². The molecule has 1 N–H and O–H groups in total. The molecule has 2 atom stereocenters. The van der Waals surface area contributed by atoms with E-state index >= 15 is 0 Å². The van der Waals surface area contributed by atoms with E-state index in [4.69, 9.17) is 4.74 Å². The van der Waals surface area contributed by atoms with Crippen molar-refractivity contribution in [2.24, 2.45) is 5.92 Å². The standard InChI is InChI=1S/C22H24N2O3/c1-14-11-20(21(25)23-2)24(12-14)22(26)27-13-19-17-9-5-3-7-15(17)16-8-4-6-10-18(16)19/h3-10,14,19-20H,11-13H2,1-2H3,(H,23,25). The van der Waals surface area contributed by atoms with Crippen LogP contribution >= 0.6 is 0 Å². The molecule has 0 aromatic heterocycles. The highest BCUT2D eigenvalue weighted by Gasteiger charge is 2.39. The maximum atomic E-state index is 12.7. The predicted octanol–water partition coefficient (Wildman–Crippen LogP) is 3.39. The van der Waals surface area contributed by atoms with E-state index in [0.717, 1.165) is 0 Å². The first-order valence-corrected chi connectivity index (χ1v) is 9.43. The van der Waals surface area contributed by atoms with Crippen LogP contribution in [0.2, 0.25) is 0 Å². The van der Waals surface area contributed by atoms with Crippen molar-refractivity contribution in [2.45, 2.75) is 25.3 Å². The average Bonchev–Trinajstić information content (AvgIpc) is 3.24. The first-order chi connectivity index (χ1) is 13.1. The number of benzene rings is 2. The van der Waals surface area contributed by atoms with Crippen molar-refractivity contribution >= 4 is 12.0 Å². The summed E-state index contributed by atoms with van der Waals surface area (Å²) in [5.74, 6) is 0.181. The fourth-order valence-electron chi connectivity index (χ4n) is 4.34. The van der Waals surface area contributed by atoms with Gasteiger partial charge in [-0.3, -0.25) is 9.69 Å². The lowest BCUT2D eigenvalue weighted by Gasteiger charge is -2.24. The van der Waals surface area contributed by atoms with Crippen LogP contribution in [-0.2, 0) is 9.53 Å². The molecule has 4 rings (SSSR count). The Kier molecular flexibility index (Phi) is 4.60. The van der Waals surface area contributed by atoms with Crippen LogP contribution in [0, 0.1) is 5.92 Å². The fourth-order valence-corrected chi connectivity index (χ4v) is 4.34. The molecular formula is C22H24N2O3. The Hall–Kier alpha value is -2.82. The molecule has 27 heavy (non-hydrogen) atoms. The van der Waals surface area contributed by atoms with Crippen LogP contribution in [-0.4, -0.2) is 43.1 Å². The number of fused-ring (bicyclic) bond motifs is 3. The lowest BCUT2D eigenvalue weighted by molar-refractivity contribution is -0.124. The Bertz CT molecular complexity index is 834. The van der Waals surface area contributed by atoms with Gasteiger partial charge < -0.3 is 10.1 Å². The first-order valence-electron chi connectivity index (χ1n) is 9.43. The molecule has 1 aliphatic carbocycles. The fraction of sp³-hybridized carbons (Fsp3) is 0.364. The third kappa shape index (κ3) is 3.07. The molecule has 0 saturated carbocycles. The van der Waals surface area contributed by atoms with Crippen molar-refractivity contribution in [3.05, 3.63) is 59.7 Å². The van der Waals surface area contributed by atoms with Gasteiger partial charge in [-0.25, -0.2) is 4.79 Å². The van der Waals surface area contributed by atoms with Crippen LogP contribution in [0.15, 0.2) is 48.5 Å². The maximum Gasteiger partial charge on any atom is 0.410 e. The van der Waals surface area contributed by atoms with Gasteiger partial charge in [-0.1, -0.05) is 55.5 Å². The minimum atomic E-state index is -0.444. The number of likely N-dealkylation sites (tertiary alicyclic amines) is 1. The summed E-state index contributed by atoms with van der Waals surface area (Å²) in [6.07, 6.45) is 0.263. The molecule has 1 saturated heterocycles. The highest BCUT2D eigenvalue weighted by Crippen LogP contribution is 2.44. The molecule has 2 amide bonds. The number of rotatable bonds is 3. The number of amides is 2. The molecular weight excluding hydrogens is 340 g/mol. The van der Waals surface area contributed by atoms with Crippen LogP contribution < -0.4 is 5.32 Å². The number of nitrogens with one attached hydrogen (secondary N) is 1. The van der Waals surface area contributed by atoms with Crippen molar-refractivity contribution in [1.29, 1.82) is 0 Å². The zero-order valence-corrected chi connectivity index (χ0v) is 15.6. The summed E-state index contributed by atoms with van der Waals surface area (Å²) in [5.41, 5.74) is 4.77. The van der Waals surface area contributed by atoms with Crippen molar-refractivity contribution in [3.63, 3.8) is 0 Å². The Morgan fingerprint density at radius 2 is 1.67 bits per heavy atom. The van der Waals surface area contributed by atoms with Gasteiger partial charge in [0.15, 0.2) is 0 Å². The molecule has 2 unspecified atom stereocenters. The van der Waals surface area contributed by atoms with E-state index in [1.807, 2.05) is 31.2 Å². The lowest BCUT2D eigenvalue weighted by atomic mass is 9.98. The van der Waals surface area contributed by atoms with Gasteiger partial charge in [0.25, 0.3) is 0 Å². The number of ether oxygens (including phenoxy) is 1. The van der Waals surface area contributed by atoms with Crippen molar-refractivity contribution in [2.75, 3.05) is 20.2 Å². The van der Waals surface area contributed by atoms with Crippen LogP contribution in [0.25, 0.3) is 11.1 Å². The van der Waals surface area contributed by atoms with E-state index in [0.29, 0.717) is 13.0 Å². The molecule has 1 aliphatic heterocycles. The predicted molar refractivity (Wildman–Crippen MR) is 103 cm³/mol. The third-order valence-corrected chi connectivity index (χ3v) is 5.63. The molecule has 5 heteroatoms. The second-order valence-corrected chi connectivity index (χ2v) is 7.43. The van der Waals surface area contributed by atoms with Gasteiger partial charge in [-0.2, -0.15) is 0 Å². The molecule has 1 fully saturated rings. The Balaban J connectivity index is 1.52. The monoisotopic (exact) mass is 364 g/mol. The van der Waals surface area contributed by atoms with E-state index in [-0.39, 0.29) is 24.3 Å². The van der Waals surface area contributed by atoms with Crippen LogP contribution in [0.3, 0.4) is 0 Å². The SMILES string of the molecule is CNC(=O)C1CC(C)CN1C(=O)OCC1c2ccccc2-c2ccccc21. The molecule has 2 aromatic rings. The zero-order valence-electron chi connectivity index (χ0n) is 15.6. The number of carbonyl (C=O) groups excluding carboxylic acids is 2. The normalized spacial score (nSPS) is 20.9. The number of hydrogen-bond donors (Lipinski definition) is 1. The zero-order chi connectivity index (χ0) is 19.0. The number of carbonyl (C=O) groups is 2. The van der Waals surface area contributed by atoms with Crippen LogP contribution in [0.4, 0.5) is 4.79 Å². The topological polar surface area (TPSA) is 58.6 Å². The van der Waals surface area contributed by atoms with Gasteiger partial charge in [0, 0.05) is 19.5 Å². The van der Waals surface area contributed by atoms with Gasteiger partial charge >= 0.3 is 6.09 Å². The molecule has 2 aliphatic rings. The highest BCUT2D eigenvalue weighted by atomic mass is 16.6. The van der Waals surface area contributed by atoms with Gasteiger partial charge in [0.2, 0.25) is 5.91 Å². The third-order valence-electron chi connectivity index (χ3n) is 5.63. The average molecular weight is 364 g/mol. The summed E-state index contributed by atoms with van der Waals surface area (Å²) in [5, 5.41) is 2.65. The van der Waals surface area contributed by atoms with Gasteiger partial charge in [0.05, 0.1) is 0 Å². The summed E-state index contributed by atoms with van der Waals surface area (Å²) < 4.78 is 5.70. The molecule has 0 bridgehead atoms. The van der Waals surface area contributed by atoms with Gasteiger partial charge in [0.1, 0.15) is 12.6 Å². The van der Waals surface area contributed by atoms with Crippen LogP contribution in [0.5, 0.6) is 0 Å². The minimum Gasteiger partial charge on any atom is -0.448 e. The maximum absolute atomic E-state index is 12.7. The van der Waals surface area contributed by atoms with Gasteiger partial charge in [-0.05, 0) is 34.6 Å². The quantitative estimate of drug-likeness (QED) is 0.908. The highest BCUT2D eigenvalue weighted by molar-refractivity contribution is 5.86. The minimum absolute atomic E-state index is 0.0276. The Morgan fingerprint density at radius 1 is 1.07 bits per heavy atom. The second kappa shape index (κ2) is 7.06. The summed E-state index contributed by atoms with van der Waals surface area (Å²) in [4.78, 5) is 26.4. The number of likely N-dealkylation sites (N-methyl/N-ethyl adjacent to an activating group) is 1. The molecule has 0 spiro atoms. The number of nitrogens with zero attached hydrogens (tertiary/aromatic N) is 1. The molecule has 1 heterocycles. The van der Waals surface area contributed by atoms with Crippen molar-refractivity contribution in [3.8, 4) is 11.1 Å². The summed E-state index contributed by atoms with van der Waals surface area (Å²) in [6, 6.07) is 16.1. The van der Waals surface area contributed by atoms with Crippen molar-refractivity contribution in [1.82, 2.24) is 10.2 Å². The molecule has 5 nitrogen and oxygen atoms in total. The Morgan fingerprint density at radius 3 is 2.26 bits per heavy atom. The van der Waals surface area contributed by atoms with E-state index in [9.17, 15) is 9.59 Å². The summed E-state index contributed by atoms with van der Waals surface area (Å²) >= 11 is 0. The summed E-state index contributed by atoms with van der Waals surface area (Å²) in [6.45, 7) is 2.87. The van der Waals surface area contributed by atoms with E-state index in [2.05, 4.69) is 29.6 Å². The molecule has 140 valence electrons. The van der Waals surface area contributed by atoms with Crippen LogP contribution in [0.1, 0.15) is 30.4 Å². The summed E-state index contributed by atoms with van der Waals surface area (Å²) in [7, 11) is 1.60. The Labute approximate surface area is 159 Å². The second-order valence-electron chi connectivity index (χ2n) is 7.43. The van der Waals surface area contributed by atoms with E-state index in [1.54, 1.807) is 11.9 Å². The first kappa shape index (κ1) is 17.6. The smallest absolute Gasteiger partial charge is 0.410 e. The lowest BCUT2D eigenvalue weighted by Crippen LogP contribution is -2.45. The van der Waals surface area contributed by atoms with Gasteiger partial charge in [-0.15, -0.1) is 0 Å².